The summed E-state index contributed by atoms with van der Waals surface area (Å²) in [5.41, 5.74) is 0. The highest BCUT2D eigenvalue weighted by atomic mass is 32.2. The first-order chi connectivity index (χ1) is 8.40. The minimum absolute atomic E-state index is 0.641. The molecule has 0 unspecified atom stereocenters. The van der Waals surface area contributed by atoms with Crippen LogP contribution in [0.3, 0.4) is 0 Å². The number of hydrogen-bond acceptors (Lipinski definition) is 4. The highest BCUT2D eigenvalue weighted by Crippen LogP contribution is 2.33. The Morgan fingerprint density at radius 2 is 2.12 bits per heavy atom. The van der Waals surface area contributed by atoms with Crippen molar-refractivity contribution in [3.63, 3.8) is 0 Å². The van der Waals surface area contributed by atoms with Crippen molar-refractivity contribution >= 4 is 11.8 Å². The van der Waals surface area contributed by atoms with Gasteiger partial charge in [-0.15, -0.1) is 18.3 Å². The van der Waals surface area contributed by atoms with Gasteiger partial charge < -0.3 is 14.8 Å². The third-order valence-electron chi connectivity index (χ3n) is 2.35. The van der Waals surface area contributed by atoms with Crippen molar-refractivity contribution in [3.05, 3.63) is 30.9 Å². The smallest absolute Gasteiger partial charge is 0.162 e. The predicted octanol–water partition coefficient (Wildman–Crippen LogP) is 2.33. The maximum Gasteiger partial charge on any atom is 0.162 e. The van der Waals surface area contributed by atoms with Gasteiger partial charge in [0, 0.05) is 23.7 Å². The minimum Gasteiger partial charge on any atom is -0.486 e. The van der Waals surface area contributed by atoms with E-state index in [9.17, 15) is 0 Å². The third kappa shape index (κ3) is 3.68. The molecule has 0 saturated carbocycles. The maximum atomic E-state index is 5.54. The Morgan fingerprint density at radius 3 is 2.94 bits per heavy atom. The molecule has 3 nitrogen and oxygen atoms in total. The van der Waals surface area contributed by atoms with Gasteiger partial charge in [0.1, 0.15) is 13.2 Å². The van der Waals surface area contributed by atoms with Gasteiger partial charge in [0.05, 0.1) is 0 Å². The van der Waals surface area contributed by atoms with Crippen LogP contribution in [0.1, 0.15) is 0 Å². The maximum absolute atomic E-state index is 5.54. The number of ether oxygens (including phenoxy) is 2. The first-order valence-corrected chi connectivity index (χ1v) is 6.73. The lowest BCUT2D eigenvalue weighted by molar-refractivity contribution is 0.171. The fourth-order valence-electron chi connectivity index (χ4n) is 1.56. The van der Waals surface area contributed by atoms with E-state index < -0.39 is 0 Å². The summed E-state index contributed by atoms with van der Waals surface area (Å²) in [6, 6.07) is 6.10. The molecule has 1 aromatic rings. The Balaban J connectivity index is 1.82. The van der Waals surface area contributed by atoms with Crippen molar-refractivity contribution in [3.8, 4) is 11.5 Å². The van der Waals surface area contributed by atoms with Crippen molar-refractivity contribution in [1.82, 2.24) is 5.32 Å². The molecule has 0 spiro atoms. The molecule has 1 heterocycles. The van der Waals surface area contributed by atoms with Gasteiger partial charge in [-0.05, 0) is 18.2 Å². The van der Waals surface area contributed by atoms with E-state index in [2.05, 4.69) is 18.0 Å². The van der Waals surface area contributed by atoms with Crippen molar-refractivity contribution in [2.45, 2.75) is 4.90 Å². The van der Waals surface area contributed by atoms with Gasteiger partial charge in [-0.1, -0.05) is 6.08 Å². The molecule has 17 heavy (non-hydrogen) atoms. The number of thioether (sulfide) groups is 1. The monoisotopic (exact) mass is 251 g/mol. The van der Waals surface area contributed by atoms with Crippen molar-refractivity contribution in [1.29, 1.82) is 0 Å². The van der Waals surface area contributed by atoms with E-state index in [-0.39, 0.29) is 0 Å². The second-order valence-corrected chi connectivity index (χ2v) is 4.82. The van der Waals surface area contributed by atoms with Crippen LogP contribution in [0.5, 0.6) is 11.5 Å². The standard InChI is InChI=1S/C13H17NO2S/c1-2-5-14-6-9-17-11-3-4-12-13(10-11)16-8-7-15-12/h2-4,10,14H,1,5-9H2. The van der Waals surface area contributed by atoms with Gasteiger partial charge in [-0.25, -0.2) is 0 Å². The number of hydrogen-bond donors (Lipinski definition) is 1. The molecule has 0 radical (unpaired) electrons. The topological polar surface area (TPSA) is 30.5 Å². The lowest BCUT2D eigenvalue weighted by Crippen LogP contribution is -2.16. The first-order valence-electron chi connectivity index (χ1n) is 5.74. The molecule has 4 heteroatoms. The molecule has 0 aliphatic carbocycles. The SMILES string of the molecule is C=CCNCCSc1ccc2c(c1)OCCO2. The van der Waals surface area contributed by atoms with Crippen LogP contribution in [0.2, 0.25) is 0 Å². The van der Waals surface area contributed by atoms with Crippen molar-refractivity contribution in [2.75, 3.05) is 32.1 Å². The summed E-state index contributed by atoms with van der Waals surface area (Å²) in [6.07, 6.45) is 1.87. The van der Waals surface area contributed by atoms with Gasteiger partial charge in [-0.3, -0.25) is 0 Å². The summed E-state index contributed by atoms with van der Waals surface area (Å²) in [5.74, 6) is 2.75. The van der Waals surface area contributed by atoms with E-state index in [0.717, 1.165) is 30.3 Å². The van der Waals surface area contributed by atoms with E-state index in [1.54, 1.807) is 0 Å². The molecule has 1 N–H and O–H groups in total. The second kappa shape index (κ2) is 6.57. The van der Waals surface area contributed by atoms with Gasteiger partial charge in [0.25, 0.3) is 0 Å². The van der Waals surface area contributed by atoms with Gasteiger partial charge in [0.2, 0.25) is 0 Å². The van der Waals surface area contributed by atoms with Crippen molar-refractivity contribution in [2.24, 2.45) is 0 Å². The Morgan fingerprint density at radius 1 is 1.29 bits per heavy atom. The van der Waals surface area contributed by atoms with Crippen LogP contribution in [0.15, 0.2) is 35.7 Å². The van der Waals surface area contributed by atoms with Crippen LogP contribution in [-0.4, -0.2) is 32.1 Å². The minimum atomic E-state index is 0.641. The molecule has 0 amide bonds. The van der Waals surface area contributed by atoms with Crippen LogP contribution in [-0.2, 0) is 0 Å². The van der Waals surface area contributed by atoms with E-state index in [1.807, 2.05) is 30.0 Å². The van der Waals surface area contributed by atoms with Crippen LogP contribution < -0.4 is 14.8 Å². The average Bonchev–Trinajstić information content (AvgIpc) is 2.38. The molecular formula is C13H17NO2S. The summed E-state index contributed by atoms with van der Waals surface area (Å²) in [7, 11) is 0. The average molecular weight is 251 g/mol. The zero-order valence-electron chi connectivity index (χ0n) is 9.78. The summed E-state index contributed by atoms with van der Waals surface area (Å²) >= 11 is 1.81. The molecule has 1 aromatic carbocycles. The van der Waals surface area contributed by atoms with E-state index >= 15 is 0 Å². The molecular weight excluding hydrogens is 234 g/mol. The molecule has 0 saturated heterocycles. The number of rotatable bonds is 6. The van der Waals surface area contributed by atoms with E-state index in [4.69, 9.17) is 9.47 Å². The zero-order valence-corrected chi connectivity index (χ0v) is 10.6. The van der Waals surface area contributed by atoms with Gasteiger partial charge in [-0.2, -0.15) is 0 Å². The normalized spacial score (nSPS) is 13.4. The Hall–Kier alpha value is -1.13. The highest BCUT2D eigenvalue weighted by Gasteiger charge is 2.11. The Bertz CT molecular complexity index is 382. The Kier molecular flexibility index (Phi) is 4.76. The second-order valence-electron chi connectivity index (χ2n) is 3.65. The lowest BCUT2D eigenvalue weighted by atomic mass is 10.3. The molecule has 0 fully saturated rings. The number of fused-ring (bicyclic) bond motifs is 1. The van der Waals surface area contributed by atoms with Crippen LogP contribution in [0.4, 0.5) is 0 Å². The molecule has 0 atom stereocenters. The summed E-state index contributed by atoms with van der Waals surface area (Å²) in [6.45, 7) is 6.79. The Labute approximate surface area is 106 Å². The van der Waals surface area contributed by atoms with Crippen LogP contribution in [0.25, 0.3) is 0 Å². The van der Waals surface area contributed by atoms with E-state index in [1.165, 1.54) is 4.90 Å². The third-order valence-corrected chi connectivity index (χ3v) is 3.35. The predicted molar refractivity (Wildman–Crippen MR) is 71.2 cm³/mol. The lowest BCUT2D eigenvalue weighted by Gasteiger charge is -2.18. The van der Waals surface area contributed by atoms with E-state index in [0.29, 0.717) is 13.2 Å². The molecule has 1 aliphatic heterocycles. The molecule has 0 bridgehead atoms. The summed E-state index contributed by atoms with van der Waals surface area (Å²) < 4.78 is 11.0. The van der Waals surface area contributed by atoms with Crippen molar-refractivity contribution < 1.29 is 9.47 Å². The molecule has 1 aliphatic rings. The highest BCUT2D eigenvalue weighted by molar-refractivity contribution is 7.99. The summed E-state index contributed by atoms with van der Waals surface area (Å²) in [5, 5.41) is 3.27. The first kappa shape index (κ1) is 12.3. The fourth-order valence-corrected chi connectivity index (χ4v) is 2.40. The van der Waals surface area contributed by atoms with Crippen LogP contribution >= 0.6 is 11.8 Å². The van der Waals surface area contributed by atoms with Gasteiger partial charge >= 0.3 is 0 Å². The number of benzene rings is 1. The number of nitrogens with one attached hydrogen (secondary N) is 1. The largest absolute Gasteiger partial charge is 0.486 e. The molecule has 2 rings (SSSR count). The van der Waals surface area contributed by atoms with Gasteiger partial charge in [0.15, 0.2) is 11.5 Å². The summed E-state index contributed by atoms with van der Waals surface area (Å²) in [4.78, 5) is 1.22. The molecule has 0 aromatic heterocycles. The zero-order chi connectivity index (χ0) is 11.9. The fraction of sp³-hybridized carbons (Fsp3) is 0.385. The molecule has 92 valence electrons. The van der Waals surface area contributed by atoms with Crippen LogP contribution in [0, 0.1) is 0 Å². The quantitative estimate of drug-likeness (QED) is 0.477.